The fourth-order valence-electron chi connectivity index (χ4n) is 4.87. The molecule has 0 saturated carbocycles. The quantitative estimate of drug-likeness (QED) is 0.273. The van der Waals surface area contributed by atoms with Crippen LogP contribution in [0.5, 0.6) is 5.75 Å². The van der Waals surface area contributed by atoms with Crippen molar-refractivity contribution in [1.29, 1.82) is 5.26 Å². The van der Waals surface area contributed by atoms with Gasteiger partial charge in [0.25, 0.3) is 5.91 Å². The van der Waals surface area contributed by atoms with Crippen LogP contribution in [-0.2, 0) is 4.79 Å². The third kappa shape index (κ3) is 4.29. The molecule has 190 valence electrons. The van der Waals surface area contributed by atoms with Crippen LogP contribution >= 0.6 is 12.6 Å². The van der Waals surface area contributed by atoms with E-state index in [2.05, 4.69) is 5.32 Å². The van der Waals surface area contributed by atoms with Crippen molar-refractivity contribution in [2.75, 3.05) is 12.0 Å². The summed E-state index contributed by atoms with van der Waals surface area (Å²) in [5.74, 6) is 0.238. The van der Waals surface area contributed by atoms with E-state index >= 15 is 0 Å². The summed E-state index contributed by atoms with van der Waals surface area (Å²) in [6, 6.07) is 33.4. The molecule has 0 fully saturated rings. The Kier molecular flexibility index (Phi) is 6.27. The number of para-hydroxylation sites is 1. The minimum absolute atomic E-state index is 0.0519. The largest absolute Gasteiger partial charge is 0.497 e. The van der Waals surface area contributed by atoms with E-state index in [4.69, 9.17) is 22.5 Å². The van der Waals surface area contributed by atoms with Crippen LogP contribution in [0, 0.1) is 11.3 Å². The maximum atomic E-state index is 13.2. The van der Waals surface area contributed by atoms with E-state index in [1.54, 1.807) is 11.8 Å². The van der Waals surface area contributed by atoms with Crippen LogP contribution in [-0.4, -0.2) is 22.8 Å². The molecule has 0 spiro atoms. The van der Waals surface area contributed by atoms with E-state index in [0.717, 1.165) is 39.0 Å². The Morgan fingerprint density at radius 3 is 2.41 bits per heavy atom. The summed E-state index contributed by atoms with van der Waals surface area (Å²) >= 11 is 4.74. The number of ether oxygens (including phenoxy) is 1. The number of amides is 1. The number of rotatable bonds is 5. The lowest BCUT2D eigenvalue weighted by atomic mass is 10.0. The number of aromatic nitrogens is 2. The van der Waals surface area contributed by atoms with E-state index in [9.17, 15) is 10.1 Å². The average molecular weight is 530 g/mol. The highest BCUT2D eigenvalue weighted by molar-refractivity contribution is 7.84. The van der Waals surface area contributed by atoms with Gasteiger partial charge in [-0.05, 0) is 47.9 Å². The number of benzene rings is 4. The first-order valence-corrected chi connectivity index (χ1v) is 12.7. The Hall–Kier alpha value is -5.00. The number of nitrogens with one attached hydrogen (secondary N) is 1. The molecule has 2 heterocycles. The van der Waals surface area contributed by atoms with Crippen molar-refractivity contribution in [2.24, 2.45) is 0 Å². The van der Waals surface area contributed by atoms with Crippen molar-refractivity contribution < 1.29 is 9.53 Å². The molecular formula is C31H23N5O2S. The minimum Gasteiger partial charge on any atom is -0.497 e. The predicted molar refractivity (Wildman–Crippen MR) is 154 cm³/mol. The predicted octanol–water partition coefficient (Wildman–Crippen LogP) is 6.00. The normalized spacial score (nSPS) is 15.3. The third-order valence-corrected chi connectivity index (χ3v) is 7.20. The summed E-state index contributed by atoms with van der Waals surface area (Å²) in [4.78, 5) is 15.1. The van der Waals surface area contributed by atoms with Crippen LogP contribution in [0.25, 0.3) is 27.7 Å². The van der Waals surface area contributed by atoms with Crippen LogP contribution < -0.4 is 15.0 Å². The Morgan fingerprint density at radius 2 is 1.67 bits per heavy atom. The van der Waals surface area contributed by atoms with Gasteiger partial charge in [0.1, 0.15) is 23.6 Å². The number of nitrogens with zero attached hydrogens (tertiary/aromatic N) is 4. The molecule has 0 aliphatic carbocycles. The zero-order valence-corrected chi connectivity index (χ0v) is 21.8. The summed E-state index contributed by atoms with van der Waals surface area (Å²) in [6.45, 7) is 0. The van der Waals surface area contributed by atoms with Gasteiger partial charge in [0, 0.05) is 22.7 Å². The number of anilines is 1. The number of hydrogen-bond acceptors (Lipinski definition) is 6. The number of carbonyl (C=O) groups is 1. The molecule has 0 bridgehead atoms. The molecule has 1 aliphatic heterocycles. The van der Waals surface area contributed by atoms with Gasteiger partial charge < -0.3 is 15.0 Å². The van der Waals surface area contributed by atoms with Crippen LogP contribution in [0.15, 0.2) is 114 Å². The van der Waals surface area contributed by atoms with Crippen LogP contribution in [0.3, 0.4) is 0 Å². The van der Waals surface area contributed by atoms with Crippen molar-refractivity contribution in [3.8, 4) is 28.8 Å². The van der Waals surface area contributed by atoms with E-state index in [-0.39, 0.29) is 10.6 Å². The van der Waals surface area contributed by atoms with Gasteiger partial charge in [-0.2, -0.15) is 10.4 Å². The SMILES string of the molecule is COc1ccc(-c2nn(-c3ccccc3)cc2C2NC(=O)C(C#N)=C(S)N2c2cccc3ccccc23)cc1. The van der Waals surface area contributed by atoms with Crippen molar-refractivity contribution in [3.05, 3.63) is 119 Å². The molecule has 0 saturated heterocycles. The molecule has 1 aliphatic rings. The first kappa shape index (κ1) is 24.3. The number of fused-ring (bicyclic) bond motifs is 1. The summed E-state index contributed by atoms with van der Waals surface area (Å²) in [5, 5.41) is 20.1. The van der Waals surface area contributed by atoms with Crippen molar-refractivity contribution in [1.82, 2.24) is 15.1 Å². The second-order valence-electron chi connectivity index (χ2n) is 9.00. The molecule has 5 aromatic rings. The first-order valence-electron chi connectivity index (χ1n) is 12.3. The van der Waals surface area contributed by atoms with Gasteiger partial charge in [-0.15, -0.1) is 12.6 Å². The smallest absolute Gasteiger partial charge is 0.266 e. The van der Waals surface area contributed by atoms with Gasteiger partial charge in [0.15, 0.2) is 0 Å². The molecule has 1 unspecified atom stereocenters. The van der Waals surface area contributed by atoms with Gasteiger partial charge in [-0.25, -0.2) is 4.68 Å². The molecule has 1 atom stereocenters. The molecule has 6 rings (SSSR count). The number of carbonyl (C=O) groups excluding carboxylic acids is 1. The lowest BCUT2D eigenvalue weighted by Gasteiger charge is -2.38. The maximum absolute atomic E-state index is 13.2. The molecule has 39 heavy (non-hydrogen) atoms. The van der Waals surface area contributed by atoms with E-state index < -0.39 is 12.1 Å². The maximum Gasteiger partial charge on any atom is 0.266 e. The van der Waals surface area contributed by atoms with Crippen molar-refractivity contribution in [2.45, 2.75) is 6.17 Å². The van der Waals surface area contributed by atoms with Crippen molar-refractivity contribution in [3.63, 3.8) is 0 Å². The van der Waals surface area contributed by atoms with Gasteiger partial charge in [-0.3, -0.25) is 4.79 Å². The van der Waals surface area contributed by atoms with Crippen LogP contribution in [0.4, 0.5) is 5.69 Å². The van der Waals surface area contributed by atoms with Gasteiger partial charge in [-0.1, -0.05) is 54.6 Å². The lowest BCUT2D eigenvalue weighted by Crippen LogP contribution is -2.46. The standard InChI is InChI=1S/C31H23N5O2S/c1-38-23-16-14-21(15-17-23)28-26(19-35(34-28)22-10-3-2-4-11-22)29-33-30(37)25(18-32)31(39)36(29)27-13-7-9-20-8-5-6-12-24(20)27/h2-17,19,29,39H,1H3,(H,33,37). The second-order valence-corrected chi connectivity index (χ2v) is 9.42. The van der Waals surface area contributed by atoms with E-state index in [0.29, 0.717) is 5.69 Å². The van der Waals surface area contributed by atoms with Gasteiger partial charge in [0.05, 0.1) is 29.2 Å². The number of nitriles is 1. The highest BCUT2D eigenvalue weighted by atomic mass is 32.1. The molecular weight excluding hydrogens is 506 g/mol. The Labute approximate surface area is 231 Å². The monoisotopic (exact) mass is 529 g/mol. The summed E-state index contributed by atoms with van der Waals surface area (Å²) in [7, 11) is 1.62. The summed E-state index contributed by atoms with van der Waals surface area (Å²) in [6.07, 6.45) is 1.22. The minimum atomic E-state index is -0.692. The number of methoxy groups -OCH3 is 1. The van der Waals surface area contributed by atoms with Gasteiger partial charge in [0.2, 0.25) is 0 Å². The summed E-state index contributed by atoms with van der Waals surface area (Å²) in [5.41, 5.74) is 3.90. The second kappa shape index (κ2) is 10.0. The first-order chi connectivity index (χ1) is 19.1. The highest BCUT2D eigenvalue weighted by Crippen LogP contribution is 2.42. The summed E-state index contributed by atoms with van der Waals surface area (Å²) < 4.78 is 7.15. The average Bonchev–Trinajstić information content (AvgIpc) is 3.43. The fourth-order valence-corrected chi connectivity index (χ4v) is 5.24. The van der Waals surface area contributed by atoms with Crippen LogP contribution in [0.2, 0.25) is 0 Å². The highest BCUT2D eigenvalue weighted by Gasteiger charge is 2.37. The van der Waals surface area contributed by atoms with Crippen molar-refractivity contribution >= 4 is 35.0 Å². The molecule has 1 N–H and O–H groups in total. The van der Waals surface area contributed by atoms with Gasteiger partial charge >= 0.3 is 0 Å². The fraction of sp³-hybridized carbons (Fsp3) is 0.0645. The Balaban J connectivity index is 1.60. The lowest BCUT2D eigenvalue weighted by molar-refractivity contribution is -0.118. The molecule has 7 nitrogen and oxygen atoms in total. The number of hydrogen-bond donors (Lipinski definition) is 2. The molecule has 8 heteroatoms. The zero-order valence-electron chi connectivity index (χ0n) is 20.9. The number of thiol groups is 1. The van der Waals surface area contributed by atoms with E-state index in [1.165, 1.54) is 0 Å². The zero-order chi connectivity index (χ0) is 26.9. The molecule has 0 radical (unpaired) electrons. The molecule has 1 aromatic heterocycles. The topological polar surface area (TPSA) is 83.2 Å². The Bertz CT molecular complexity index is 1770. The Morgan fingerprint density at radius 1 is 0.949 bits per heavy atom. The third-order valence-electron chi connectivity index (χ3n) is 6.76. The molecule has 4 aromatic carbocycles. The van der Waals surface area contributed by atoms with E-state index in [1.807, 2.05) is 114 Å². The van der Waals surface area contributed by atoms with Crippen LogP contribution in [0.1, 0.15) is 11.7 Å². The molecule has 1 amide bonds.